The Bertz CT molecular complexity index is 1530. The molecule has 1 aliphatic rings. The van der Waals surface area contributed by atoms with Crippen molar-refractivity contribution in [3.63, 3.8) is 0 Å². The van der Waals surface area contributed by atoms with E-state index in [1.165, 1.54) is 27.4 Å². The lowest BCUT2D eigenvalue weighted by Gasteiger charge is -2.14. The van der Waals surface area contributed by atoms with Gasteiger partial charge < -0.3 is 38.7 Å². The van der Waals surface area contributed by atoms with E-state index in [1.54, 1.807) is 48.5 Å². The number of hydrogen-bond acceptors (Lipinski definition) is 8. The third-order valence-corrected chi connectivity index (χ3v) is 5.56. The van der Waals surface area contributed by atoms with Crippen molar-refractivity contribution in [2.45, 2.75) is 0 Å². The molecule has 10 nitrogen and oxygen atoms in total. The van der Waals surface area contributed by atoms with Gasteiger partial charge >= 0.3 is 6.03 Å². The van der Waals surface area contributed by atoms with Crippen LogP contribution < -0.4 is 39.7 Å². The molecular weight excluding hydrogens is 468 g/mol. The number of methoxy groups -OCH3 is 3. The van der Waals surface area contributed by atoms with Gasteiger partial charge in [0.2, 0.25) is 12.5 Å². The Balaban J connectivity index is 1.43. The van der Waals surface area contributed by atoms with Gasteiger partial charge in [0.25, 0.3) is 0 Å². The van der Waals surface area contributed by atoms with Crippen LogP contribution in [0.5, 0.6) is 28.7 Å². The summed E-state index contributed by atoms with van der Waals surface area (Å²) in [6.45, 7) is 0.149. The highest BCUT2D eigenvalue weighted by atomic mass is 16.7. The van der Waals surface area contributed by atoms with E-state index in [2.05, 4.69) is 10.6 Å². The predicted octanol–water partition coefficient (Wildman–Crippen LogP) is 4.86. The van der Waals surface area contributed by atoms with E-state index in [-0.39, 0.29) is 28.9 Å². The fraction of sp³-hybridized carbons (Fsp3) is 0.154. The molecule has 3 aromatic carbocycles. The minimum absolute atomic E-state index is 0.149. The van der Waals surface area contributed by atoms with Crippen LogP contribution in [0.1, 0.15) is 0 Å². The maximum absolute atomic E-state index is 13.0. The van der Waals surface area contributed by atoms with Crippen molar-refractivity contribution < 1.29 is 32.9 Å². The number of carbonyl (C=O) groups is 1. The molecule has 2 heterocycles. The summed E-state index contributed by atoms with van der Waals surface area (Å²) in [5.74, 6) is 2.38. The number of amides is 2. The van der Waals surface area contributed by atoms with E-state index in [4.69, 9.17) is 28.1 Å². The van der Waals surface area contributed by atoms with Gasteiger partial charge in [-0.1, -0.05) is 12.1 Å². The average Bonchev–Trinajstić information content (AvgIpc) is 3.35. The van der Waals surface area contributed by atoms with Gasteiger partial charge in [-0.3, -0.25) is 4.79 Å². The van der Waals surface area contributed by atoms with E-state index in [9.17, 15) is 9.59 Å². The molecule has 10 heteroatoms. The third kappa shape index (κ3) is 4.20. The van der Waals surface area contributed by atoms with Gasteiger partial charge in [0.1, 0.15) is 16.7 Å². The topological polar surface area (TPSA) is 117 Å². The number of rotatable bonds is 6. The van der Waals surface area contributed by atoms with Crippen molar-refractivity contribution >= 4 is 28.4 Å². The fourth-order valence-corrected chi connectivity index (χ4v) is 3.95. The summed E-state index contributed by atoms with van der Waals surface area (Å²) >= 11 is 0. The van der Waals surface area contributed by atoms with Gasteiger partial charge in [-0.2, -0.15) is 0 Å². The maximum Gasteiger partial charge on any atom is 0.323 e. The minimum atomic E-state index is -0.451. The Labute approximate surface area is 205 Å². The van der Waals surface area contributed by atoms with Gasteiger partial charge in [0, 0.05) is 35.1 Å². The molecule has 0 saturated carbocycles. The zero-order valence-electron chi connectivity index (χ0n) is 19.7. The molecule has 0 spiro atoms. The lowest BCUT2D eigenvalue weighted by atomic mass is 10.1. The summed E-state index contributed by atoms with van der Waals surface area (Å²) in [5, 5.41) is 5.76. The summed E-state index contributed by atoms with van der Waals surface area (Å²) in [7, 11) is 4.38. The van der Waals surface area contributed by atoms with Crippen molar-refractivity contribution in [1.82, 2.24) is 0 Å². The number of urea groups is 1. The van der Waals surface area contributed by atoms with Crippen LogP contribution in [0.25, 0.3) is 22.3 Å². The second-order valence-corrected chi connectivity index (χ2v) is 7.72. The van der Waals surface area contributed by atoms with Crippen LogP contribution in [0.2, 0.25) is 0 Å². The number of hydrogen-bond donors (Lipinski definition) is 2. The molecule has 1 aliphatic heterocycles. The van der Waals surface area contributed by atoms with Gasteiger partial charge in [-0.25, -0.2) is 4.79 Å². The number of nitrogens with one attached hydrogen (secondary N) is 2. The molecule has 1 aromatic heterocycles. The summed E-state index contributed by atoms with van der Waals surface area (Å²) in [6, 6.07) is 14.5. The Morgan fingerprint density at radius 1 is 0.833 bits per heavy atom. The first-order valence-electron chi connectivity index (χ1n) is 10.9. The van der Waals surface area contributed by atoms with Crippen molar-refractivity contribution in [2.75, 3.05) is 38.8 Å². The van der Waals surface area contributed by atoms with Gasteiger partial charge in [0.15, 0.2) is 28.4 Å². The first kappa shape index (κ1) is 22.9. The van der Waals surface area contributed by atoms with E-state index < -0.39 is 6.03 Å². The zero-order valence-corrected chi connectivity index (χ0v) is 19.7. The van der Waals surface area contributed by atoms with Crippen molar-refractivity contribution in [3.8, 4) is 40.1 Å². The minimum Gasteiger partial charge on any atom is -0.493 e. The van der Waals surface area contributed by atoms with E-state index in [0.717, 1.165) is 0 Å². The van der Waals surface area contributed by atoms with Crippen molar-refractivity contribution in [3.05, 3.63) is 64.8 Å². The Morgan fingerprint density at radius 3 is 2.33 bits per heavy atom. The average molecular weight is 490 g/mol. The largest absolute Gasteiger partial charge is 0.493 e. The molecule has 0 radical (unpaired) electrons. The lowest BCUT2D eigenvalue weighted by molar-refractivity contribution is 0.174. The van der Waals surface area contributed by atoms with Crippen LogP contribution in [-0.2, 0) is 0 Å². The number of anilines is 2. The second-order valence-electron chi connectivity index (χ2n) is 7.72. The summed E-state index contributed by atoms with van der Waals surface area (Å²) in [4.78, 5) is 25.6. The van der Waals surface area contributed by atoms with Crippen LogP contribution >= 0.6 is 0 Å². The molecule has 0 atom stereocenters. The SMILES string of the molecule is COc1cc2oc(-c3cccc(NC(=O)Nc4ccc5c(c4)OCO5)c3)cc(=O)c2c(OC)c1OC. The molecule has 2 amide bonds. The molecule has 0 unspecified atom stereocenters. The van der Waals surface area contributed by atoms with Gasteiger partial charge in [-0.05, 0) is 24.3 Å². The molecule has 5 rings (SSSR count). The van der Waals surface area contributed by atoms with Crippen LogP contribution in [0.4, 0.5) is 16.2 Å². The van der Waals surface area contributed by atoms with Crippen molar-refractivity contribution in [1.29, 1.82) is 0 Å². The van der Waals surface area contributed by atoms with Gasteiger partial charge in [0.05, 0.1) is 21.3 Å². The molecule has 4 aromatic rings. The highest BCUT2D eigenvalue weighted by Gasteiger charge is 2.21. The third-order valence-electron chi connectivity index (χ3n) is 5.56. The van der Waals surface area contributed by atoms with Gasteiger partial charge in [-0.15, -0.1) is 0 Å². The Kier molecular flexibility index (Phi) is 5.99. The highest BCUT2D eigenvalue weighted by molar-refractivity contribution is 6.00. The molecular formula is C26H22N2O8. The summed E-state index contributed by atoms with van der Waals surface area (Å²) in [6.07, 6.45) is 0. The summed E-state index contributed by atoms with van der Waals surface area (Å²) < 4.78 is 32.8. The first-order valence-corrected chi connectivity index (χ1v) is 10.9. The predicted molar refractivity (Wildman–Crippen MR) is 133 cm³/mol. The molecule has 0 aliphatic carbocycles. The Hall–Kier alpha value is -4.86. The highest BCUT2D eigenvalue weighted by Crippen LogP contribution is 2.43. The Morgan fingerprint density at radius 2 is 1.58 bits per heavy atom. The molecule has 0 bridgehead atoms. The number of ether oxygens (including phenoxy) is 5. The van der Waals surface area contributed by atoms with Crippen LogP contribution in [0.3, 0.4) is 0 Å². The second kappa shape index (κ2) is 9.41. The smallest absolute Gasteiger partial charge is 0.323 e. The van der Waals surface area contributed by atoms with E-state index >= 15 is 0 Å². The number of fused-ring (bicyclic) bond motifs is 2. The molecule has 0 fully saturated rings. The molecule has 0 saturated heterocycles. The number of benzene rings is 3. The number of carbonyl (C=O) groups excluding carboxylic acids is 1. The summed E-state index contributed by atoms with van der Waals surface area (Å²) in [5.41, 5.74) is 1.59. The monoisotopic (exact) mass is 490 g/mol. The van der Waals surface area contributed by atoms with Crippen LogP contribution in [0, 0.1) is 0 Å². The molecule has 2 N–H and O–H groups in total. The maximum atomic E-state index is 13.0. The lowest BCUT2D eigenvalue weighted by Crippen LogP contribution is -2.19. The van der Waals surface area contributed by atoms with E-state index in [0.29, 0.717) is 45.7 Å². The van der Waals surface area contributed by atoms with Crippen molar-refractivity contribution in [2.24, 2.45) is 0 Å². The molecule has 184 valence electrons. The van der Waals surface area contributed by atoms with Crippen LogP contribution in [0.15, 0.2) is 63.8 Å². The quantitative estimate of drug-likeness (QED) is 0.394. The zero-order chi connectivity index (χ0) is 25.2. The normalized spacial score (nSPS) is 11.8. The van der Waals surface area contributed by atoms with Crippen LogP contribution in [-0.4, -0.2) is 34.2 Å². The first-order chi connectivity index (χ1) is 17.5. The van der Waals surface area contributed by atoms with E-state index in [1.807, 2.05) is 0 Å². The molecule has 36 heavy (non-hydrogen) atoms. The fourth-order valence-electron chi connectivity index (χ4n) is 3.95. The standard InChI is InChI=1S/C26H22N2O8/c1-31-22-12-21-23(25(33-3)24(22)32-2)17(29)11-19(36-21)14-5-4-6-15(9-14)27-26(30)28-16-7-8-18-20(10-16)35-13-34-18/h4-12H,13H2,1-3H3,(H2,27,28,30).